The van der Waals surface area contributed by atoms with Gasteiger partial charge < -0.3 is 10.6 Å². The molecule has 0 atom stereocenters. The van der Waals surface area contributed by atoms with Crippen molar-refractivity contribution in [1.82, 2.24) is 10.2 Å². The Balaban J connectivity index is 1.94. The molecule has 1 aromatic rings. The van der Waals surface area contributed by atoms with E-state index in [1.807, 2.05) is 0 Å². The molecule has 1 aliphatic heterocycles. The average molecular weight is 326 g/mol. The summed E-state index contributed by atoms with van der Waals surface area (Å²) in [5, 5.41) is 6.97. The number of anilines is 1. The summed E-state index contributed by atoms with van der Waals surface area (Å²) in [6.45, 7) is 12.2. The van der Waals surface area contributed by atoms with Crippen molar-refractivity contribution in [1.29, 1.82) is 0 Å². The molecule has 0 spiro atoms. The van der Waals surface area contributed by atoms with Crippen LogP contribution in [0.25, 0.3) is 0 Å². The van der Waals surface area contributed by atoms with Crippen molar-refractivity contribution in [3.05, 3.63) is 28.2 Å². The molecule has 1 aliphatic rings. The average Bonchev–Trinajstić information content (AvgIpc) is 2.41. The monoisotopic (exact) mass is 325 g/mol. The maximum Gasteiger partial charge on any atom is 0.0344 e. The summed E-state index contributed by atoms with van der Waals surface area (Å²) in [4.78, 5) is 2.56. The van der Waals surface area contributed by atoms with E-state index in [0.29, 0.717) is 0 Å². The van der Waals surface area contributed by atoms with Crippen molar-refractivity contribution in [3.8, 4) is 0 Å². The van der Waals surface area contributed by atoms with Crippen molar-refractivity contribution in [2.24, 2.45) is 0 Å². The summed E-state index contributed by atoms with van der Waals surface area (Å²) in [6.07, 6.45) is 0. The number of nitrogens with zero attached hydrogens (tertiary/aromatic N) is 1. The molecule has 0 aliphatic carbocycles. The largest absolute Gasteiger partial charge is 0.383 e. The van der Waals surface area contributed by atoms with Crippen LogP contribution < -0.4 is 10.6 Å². The highest BCUT2D eigenvalue weighted by atomic mass is 79.9. The Morgan fingerprint density at radius 3 is 2.63 bits per heavy atom. The van der Waals surface area contributed by atoms with Crippen LogP contribution in [0.15, 0.2) is 22.7 Å². The summed E-state index contributed by atoms with van der Waals surface area (Å²) in [5.74, 6) is 0. The normalized spacial score (nSPS) is 17.5. The summed E-state index contributed by atoms with van der Waals surface area (Å²) < 4.78 is 1.17. The smallest absolute Gasteiger partial charge is 0.0344 e. The van der Waals surface area contributed by atoms with Gasteiger partial charge in [0.2, 0.25) is 0 Å². The predicted octanol–water partition coefficient (Wildman–Crippen LogP) is 2.85. The molecule has 0 unspecified atom stereocenters. The second kappa shape index (κ2) is 6.25. The molecule has 1 saturated heterocycles. The van der Waals surface area contributed by atoms with E-state index >= 15 is 0 Å². The lowest BCUT2D eigenvalue weighted by Crippen LogP contribution is -2.56. The minimum atomic E-state index is 0.184. The molecule has 2 rings (SSSR count). The zero-order chi connectivity index (χ0) is 13.9. The van der Waals surface area contributed by atoms with E-state index in [0.717, 1.165) is 32.7 Å². The Hall–Kier alpha value is -0.580. The van der Waals surface area contributed by atoms with Gasteiger partial charge in [0.15, 0.2) is 0 Å². The van der Waals surface area contributed by atoms with Crippen molar-refractivity contribution < 1.29 is 0 Å². The highest BCUT2D eigenvalue weighted by molar-refractivity contribution is 9.10. The highest BCUT2D eigenvalue weighted by Crippen LogP contribution is 2.21. The first-order valence-corrected chi connectivity index (χ1v) is 7.74. The number of aryl methyl sites for hydroxylation is 1. The zero-order valence-corrected chi connectivity index (χ0v) is 13.7. The quantitative estimate of drug-likeness (QED) is 0.891. The number of hydrogen-bond acceptors (Lipinski definition) is 3. The van der Waals surface area contributed by atoms with Crippen LogP contribution in [-0.4, -0.2) is 43.2 Å². The second-order valence-corrected chi connectivity index (χ2v) is 6.72. The molecule has 106 valence electrons. The van der Waals surface area contributed by atoms with Crippen molar-refractivity contribution in [3.63, 3.8) is 0 Å². The first-order valence-electron chi connectivity index (χ1n) is 6.95. The first-order chi connectivity index (χ1) is 8.99. The fraction of sp³-hybridized carbons (Fsp3) is 0.600. The van der Waals surface area contributed by atoms with Crippen LogP contribution in [-0.2, 0) is 0 Å². The maximum atomic E-state index is 3.57. The van der Waals surface area contributed by atoms with Crippen LogP contribution in [0.5, 0.6) is 0 Å². The molecule has 1 fully saturated rings. The number of rotatable bonds is 4. The van der Waals surface area contributed by atoms with Gasteiger partial charge in [-0.05, 0) is 44.5 Å². The van der Waals surface area contributed by atoms with E-state index in [4.69, 9.17) is 0 Å². The fourth-order valence-electron chi connectivity index (χ4n) is 2.45. The van der Waals surface area contributed by atoms with Crippen LogP contribution >= 0.6 is 15.9 Å². The van der Waals surface area contributed by atoms with E-state index < -0.39 is 0 Å². The summed E-state index contributed by atoms with van der Waals surface area (Å²) >= 11 is 3.54. The minimum Gasteiger partial charge on any atom is -0.383 e. The number of piperazine rings is 1. The molecule has 3 nitrogen and oxygen atoms in total. The van der Waals surface area contributed by atoms with Gasteiger partial charge in [-0.2, -0.15) is 0 Å². The summed E-state index contributed by atoms with van der Waals surface area (Å²) in [5.41, 5.74) is 2.65. The van der Waals surface area contributed by atoms with Crippen LogP contribution in [0.2, 0.25) is 0 Å². The van der Waals surface area contributed by atoms with Gasteiger partial charge in [-0.1, -0.05) is 15.9 Å². The van der Waals surface area contributed by atoms with Gasteiger partial charge in [0.1, 0.15) is 0 Å². The Morgan fingerprint density at radius 1 is 1.32 bits per heavy atom. The van der Waals surface area contributed by atoms with Gasteiger partial charge in [0.05, 0.1) is 0 Å². The highest BCUT2D eigenvalue weighted by Gasteiger charge is 2.27. The van der Waals surface area contributed by atoms with Gasteiger partial charge in [-0.15, -0.1) is 0 Å². The molecule has 2 N–H and O–H groups in total. The topological polar surface area (TPSA) is 27.3 Å². The SMILES string of the molecule is Cc1cc(NCC(C)(C)N2CCNCC2)ccc1Br. The molecule has 0 bridgehead atoms. The lowest BCUT2D eigenvalue weighted by atomic mass is 10.0. The van der Waals surface area contributed by atoms with E-state index in [9.17, 15) is 0 Å². The summed E-state index contributed by atoms with van der Waals surface area (Å²) in [7, 11) is 0. The van der Waals surface area contributed by atoms with Crippen molar-refractivity contribution >= 4 is 21.6 Å². The predicted molar refractivity (Wildman–Crippen MR) is 85.9 cm³/mol. The molecule has 1 aromatic carbocycles. The van der Waals surface area contributed by atoms with E-state index in [2.05, 4.69) is 70.4 Å². The number of nitrogens with one attached hydrogen (secondary N) is 2. The molecule has 4 heteroatoms. The molecule has 0 aromatic heterocycles. The van der Waals surface area contributed by atoms with Crippen LogP contribution in [0, 0.1) is 6.92 Å². The molecular weight excluding hydrogens is 302 g/mol. The molecule has 0 amide bonds. The fourth-order valence-corrected chi connectivity index (χ4v) is 2.70. The minimum absolute atomic E-state index is 0.184. The lowest BCUT2D eigenvalue weighted by molar-refractivity contribution is 0.114. The van der Waals surface area contributed by atoms with E-state index in [-0.39, 0.29) is 5.54 Å². The van der Waals surface area contributed by atoms with E-state index in [1.54, 1.807) is 0 Å². The van der Waals surface area contributed by atoms with Gasteiger partial charge in [0.25, 0.3) is 0 Å². The maximum absolute atomic E-state index is 3.57. The molecular formula is C15H24BrN3. The van der Waals surface area contributed by atoms with Crippen LogP contribution in [0.3, 0.4) is 0 Å². The van der Waals surface area contributed by atoms with Gasteiger partial charge >= 0.3 is 0 Å². The van der Waals surface area contributed by atoms with Gasteiger partial charge in [-0.25, -0.2) is 0 Å². The standard InChI is InChI=1S/C15H24BrN3/c1-12-10-13(4-5-14(12)16)18-11-15(2,3)19-8-6-17-7-9-19/h4-5,10,17-18H,6-9,11H2,1-3H3. The van der Waals surface area contributed by atoms with Gasteiger partial charge in [-0.3, -0.25) is 4.90 Å². The Morgan fingerprint density at radius 2 is 2.00 bits per heavy atom. The number of benzene rings is 1. The number of halogens is 1. The third kappa shape index (κ3) is 3.94. The molecule has 0 saturated carbocycles. The Kier molecular flexibility index (Phi) is 4.87. The Labute approximate surface area is 124 Å². The summed E-state index contributed by atoms with van der Waals surface area (Å²) in [6, 6.07) is 6.43. The molecule has 1 heterocycles. The molecule has 0 radical (unpaired) electrons. The van der Waals surface area contributed by atoms with E-state index in [1.165, 1.54) is 15.7 Å². The van der Waals surface area contributed by atoms with Gasteiger partial charge in [0, 0.05) is 48.4 Å². The van der Waals surface area contributed by atoms with Crippen molar-refractivity contribution in [2.45, 2.75) is 26.3 Å². The van der Waals surface area contributed by atoms with Crippen LogP contribution in [0.4, 0.5) is 5.69 Å². The third-order valence-electron chi connectivity index (χ3n) is 3.86. The number of hydrogen-bond donors (Lipinski definition) is 2. The lowest BCUT2D eigenvalue weighted by Gasteiger charge is -2.41. The second-order valence-electron chi connectivity index (χ2n) is 5.87. The van der Waals surface area contributed by atoms with Crippen molar-refractivity contribution in [2.75, 3.05) is 38.0 Å². The first kappa shape index (κ1) is 14.8. The Bertz CT molecular complexity index is 425. The van der Waals surface area contributed by atoms with Crippen LogP contribution in [0.1, 0.15) is 19.4 Å². The molecule has 19 heavy (non-hydrogen) atoms. The zero-order valence-electron chi connectivity index (χ0n) is 12.1. The third-order valence-corrected chi connectivity index (χ3v) is 4.75.